The molecule has 1 aromatic carbocycles. The van der Waals surface area contributed by atoms with Gasteiger partial charge in [0.05, 0.1) is 16.6 Å². The zero-order valence-electron chi connectivity index (χ0n) is 13.3. The van der Waals surface area contributed by atoms with E-state index in [1.807, 2.05) is 0 Å². The van der Waals surface area contributed by atoms with E-state index in [2.05, 4.69) is 5.32 Å². The van der Waals surface area contributed by atoms with E-state index >= 15 is 0 Å². The molecule has 8 heteroatoms. The van der Waals surface area contributed by atoms with Gasteiger partial charge in [-0.2, -0.15) is 0 Å². The molecule has 6 nitrogen and oxygen atoms in total. The number of hydrogen-bond donors (Lipinski definition) is 2. The first-order valence-corrected chi connectivity index (χ1v) is 7.22. The number of carbonyl (C=O) groups is 2. The average molecular weight is 348 g/mol. The van der Waals surface area contributed by atoms with Crippen LogP contribution >= 0.6 is 11.6 Å². The lowest BCUT2D eigenvalue weighted by atomic mass is 10.2. The molecular formula is C15H19ClFNO5. The first-order chi connectivity index (χ1) is 10.5. The van der Waals surface area contributed by atoms with Gasteiger partial charge in [-0.25, -0.2) is 14.0 Å². The molecule has 2 N–H and O–H groups in total. The standard InChI is InChI=1S/C15H19ClFNO5/c1-8(18-14(21)23-15(2,3)4)7-22-12-5-9(13(19)20)10(16)6-11(12)17/h5-6,8H,7H2,1-4H3,(H,18,21)(H,19,20). The lowest BCUT2D eigenvalue weighted by Crippen LogP contribution is -2.40. The molecule has 0 saturated heterocycles. The van der Waals surface area contributed by atoms with Crippen LogP contribution in [0.3, 0.4) is 0 Å². The first kappa shape index (κ1) is 19.0. The van der Waals surface area contributed by atoms with Crippen LogP contribution in [0.2, 0.25) is 5.02 Å². The number of amides is 1. The number of ether oxygens (including phenoxy) is 2. The summed E-state index contributed by atoms with van der Waals surface area (Å²) in [6.07, 6.45) is -0.628. The highest BCUT2D eigenvalue weighted by atomic mass is 35.5. The maximum absolute atomic E-state index is 13.7. The Bertz CT molecular complexity index is 600. The average Bonchev–Trinajstić information content (AvgIpc) is 2.34. The van der Waals surface area contributed by atoms with Crippen LogP contribution in [0, 0.1) is 5.82 Å². The molecule has 1 amide bonds. The monoisotopic (exact) mass is 347 g/mol. The van der Waals surface area contributed by atoms with Crippen molar-refractivity contribution in [2.24, 2.45) is 0 Å². The number of alkyl carbamates (subject to hydrolysis) is 1. The van der Waals surface area contributed by atoms with Gasteiger partial charge in [-0.15, -0.1) is 0 Å². The summed E-state index contributed by atoms with van der Waals surface area (Å²) in [6, 6.07) is 1.39. The SMILES string of the molecule is CC(COc1cc(C(=O)O)c(Cl)cc1F)NC(=O)OC(C)(C)C. The molecule has 1 atom stereocenters. The highest BCUT2D eigenvalue weighted by Crippen LogP contribution is 2.26. The minimum Gasteiger partial charge on any atom is -0.488 e. The fraction of sp³-hybridized carbons (Fsp3) is 0.467. The fourth-order valence-corrected chi connectivity index (χ4v) is 1.80. The fourth-order valence-electron chi connectivity index (χ4n) is 1.57. The number of benzene rings is 1. The first-order valence-electron chi connectivity index (χ1n) is 6.84. The highest BCUT2D eigenvalue weighted by Gasteiger charge is 2.19. The predicted molar refractivity (Wildman–Crippen MR) is 82.7 cm³/mol. The van der Waals surface area contributed by atoms with E-state index in [1.54, 1.807) is 27.7 Å². The van der Waals surface area contributed by atoms with Crippen LogP contribution < -0.4 is 10.1 Å². The van der Waals surface area contributed by atoms with Crippen molar-refractivity contribution in [2.75, 3.05) is 6.61 Å². The Hall–Kier alpha value is -2.02. The molecule has 0 aliphatic rings. The van der Waals surface area contributed by atoms with Crippen molar-refractivity contribution in [2.45, 2.75) is 39.3 Å². The normalized spacial score (nSPS) is 12.4. The topological polar surface area (TPSA) is 84.9 Å². The van der Waals surface area contributed by atoms with E-state index in [1.165, 1.54) is 0 Å². The Balaban J connectivity index is 2.66. The molecule has 1 unspecified atom stereocenters. The number of rotatable bonds is 5. The number of carboxylic acids is 1. The van der Waals surface area contributed by atoms with Gasteiger partial charge in [0.15, 0.2) is 11.6 Å². The summed E-state index contributed by atoms with van der Waals surface area (Å²) < 4.78 is 24.0. The van der Waals surface area contributed by atoms with Gasteiger partial charge in [0.2, 0.25) is 0 Å². The van der Waals surface area contributed by atoms with Gasteiger partial charge in [-0.3, -0.25) is 0 Å². The van der Waals surface area contributed by atoms with Crippen molar-refractivity contribution in [3.8, 4) is 5.75 Å². The van der Waals surface area contributed by atoms with Crippen LogP contribution in [-0.2, 0) is 4.74 Å². The van der Waals surface area contributed by atoms with E-state index in [-0.39, 0.29) is 22.9 Å². The number of halogens is 2. The van der Waals surface area contributed by atoms with Gasteiger partial charge in [0, 0.05) is 0 Å². The zero-order valence-corrected chi connectivity index (χ0v) is 14.0. The molecule has 0 saturated carbocycles. The molecule has 0 fully saturated rings. The minimum absolute atomic E-state index is 0.0726. The third kappa shape index (κ3) is 6.32. The molecule has 0 aliphatic heterocycles. The number of nitrogens with one attached hydrogen (secondary N) is 1. The molecule has 0 aliphatic carbocycles. The smallest absolute Gasteiger partial charge is 0.407 e. The molecule has 23 heavy (non-hydrogen) atoms. The van der Waals surface area contributed by atoms with E-state index < -0.39 is 29.5 Å². The van der Waals surface area contributed by atoms with Crippen molar-refractivity contribution in [1.29, 1.82) is 0 Å². The van der Waals surface area contributed by atoms with Gasteiger partial charge >= 0.3 is 12.1 Å². The van der Waals surface area contributed by atoms with Crippen LogP contribution in [-0.4, -0.2) is 35.4 Å². The lowest BCUT2D eigenvalue weighted by molar-refractivity contribution is 0.0493. The van der Waals surface area contributed by atoms with E-state index in [4.69, 9.17) is 26.2 Å². The second-order valence-electron chi connectivity index (χ2n) is 5.93. The number of carbonyl (C=O) groups excluding carboxylic acids is 1. The van der Waals surface area contributed by atoms with Crippen molar-refractivity contribution in [3.05, 3.63) is 28.5 Å². The van der Waals surface area contributed by atoms with Crippen molar-refractivity contribution in [3.63, 3.8) is 0 Å². The summed E-state index contributed by atoms with van der Waals surface area (Å²) in [5.74, 6) is -2.34. The molecular weight excluding hydrogens is 329 g/mol. The van der Waals surface area contributed by atoms with E-state index in [9.17, 15) is 14.0 Å². The van der Waals surface area contributed by atoms with Gasteiger partial charge in [0.25, 0.3) is 0 Å². The highest BCUT2D eigenvalue weighted by molar-refractivity contribution is 6.33. The summed E-state index contributed by atoms with van der Waals surface area (Å²) in [5.41, 5.74) is -0.903. The Morgan fingerprint density at radius 2 is 2.00 bits per heavy atom. The summed E-state index contributed by atoms with van der Waals surface area (Å²) in [7, 11) is 0. The summed E-state index contributed by atoms with van der Waals surface area (Å²) in [4.78, 5) is 22.5. The molecule has 128 valence electrons. The largest absolute Gasteiger partial charge is 0.488 e. The maximum atomic E-state index is 13.7. The molecule has 0 radical (unpaired) electrons. The molecule has 1 aromatic rings. The van der Waals surface area contributed by atoms with Crippen LogP contribution in [0.15, 0.2) is 12.1 Å². The number of carboxylic acid groups (broad SMARTS) is 1. The Labute approximate surface area is 138 Å². The Morgan fingerprint density at radius 1 is 1.39 bits per heavy atom. The van der Waals surface area contributed by atoms with Gasteiger partial charge < -0.3 is 19.9 Å². The van der Waals surface area contributed by atoms with Gasteiger partial charge in [-0.05, 0) is 39.8 Å². The molecule has 0 bridgehead atoms. The second-order valence-corrected chi connectivity index (χ2v) is 6.33. The summed E-state index contributed by atoms with van der Waals surface area (Å²) in [5, 5.41) is 11.3. The molecule has 1 rings (SSSR count). The number of aromatic carboxylic acids is 1. The molecule has 0 heterocycles. The third-order valence-corrected chi connectivity index (χ3v) is 2.82. The van der Waals surface area contributed by atoms with Crippen LogP contribution in [0.25, 0.3) is 0 Å². The zero-order chi connectivity index (χ0) is 17.8. The van der Waals surface area contributed by atoms with Crippen LogP contribution in [0.4, 0.5) is 9.18 Å². The van der Waals surface area contributed by atoms with E-state index in [0.29, 0.717) is 0 Å². The van der Waals surface area contributed by atoms with Crippen LogP contribution in [0.1, 0.15) is 38.1 Å². The van der Waals surface area contributed by atoms with Crippen molar-refractivity contribution in [1.82, 2.24) is 5.32 Å². The quantitative estimate of drug-likeness (QED) is 0.851. The van der Waals surface area contributed by atoms with Crippen molar-refractivity contribution >= 4 is 23.7 Å². The third-order valence-electron chi connectivity index (χ3n) is 2.50. The minimum atomic E-state index is -1.29. The van der Waals surface area contributed by atoms with E-state index in [0.717, 1.165) is 12.1 Å². The van der Waals surface area contributed by atoms with Gasteiger partial charge in [0.1, 0.15) is 12.2 Å². The molecule has 0 aromatic heterocycles. The summed E-state index contributed by atoms with van der Waals surface area (Å²) in [6.45, 7) is 6.74. The maximum Gasteiger partial charge on any atom is 0.407 e. The van der Waals surface area contributed by atoms with Crippen LogP contribution in [0.5, 0.6) is 5.75 Å². The number of hydrogen-bond acceptors (Lipinski definition) is 4. The molecule has 0 spiro atoms. The van der Waals surface area contributed by atoms with Crippen molar-refractivity contribution < 1.29 is 28.6 Å². The summed E-state index contributed by atoms with van der Waals surface area (Å²) >= 11 is 5.64. The van der Waals surface area contributed by atoms with Gasteiger partial charge in [-0.1, -0.05) is 11.6 Å². The predicted octanol–water partition coefficient (Wildman–Crippen LogP) is 3.47. The Kier molecular flexibility index (Phi) is 6.20. The lowest BCUT2D eigenvalue weighted by Gasteiger charge is -2.22. The second kappa shape index (κ2) is 7.50. The Morgan fingerprint density at radius 3 is 2.52 bits per heavy atom.